The molecule has 132 valence electrons. The van der Waals surface area contributed by atoms with Crippen LogP contribution in [0.15, 0.2) is 54.6 Å². The van der Waals surface area contributed by atoms with Crippen LogP contribution in [0.2, 0.25) is 0 Å². The largest absolute Gasteiger partial charge is 0.507 e. The molecule has 3 aromatic carbocycles. The minimum absolute atomic E-state index is 0.139. The van der Waals surface area contributed by atoms with Crippen molar-refractivity contribution in [1.82, 2.24) is 9.55 Å². The monoisotopic (exact) mass is 355 g/mol. The van der Waals surface area contributed by atoms with Gasteiger partial charge in [0.05, 0.1) is 23.7 Å². The van der Waals surface area contributed by atoms with Gasteiger partial charge in [-0.15, -0.1) is 0 Å². The van der Waals surface area contributed by atoms with Gasteiger partial charge in [-0.05, 0) is 35.9 Å². The molecule has 1 N–H and O–H groups in total. The van der Waals surface area contributed by atoms with Gasteiger partial charge in [0.1, 0.15) is 17.6 Å². The molecule has 0 atom stereocenters. The van der Waals surface area contributed by atoms with Crippen LogP contribution in [0.3, 0.4) is 0 Å². The third-order valence-corrected chi connectivity index (χ3v) is 4.68. The molecule has 1 heterocycles. The molecule has 4 aromatic rings. The zero-order valence-corrected chi connectivity index (χ0v) is 15.0. The molecule has 27 heavy (non-hydrogen) atoms. The average molecular weight is 355 g/mol. The van der Waals surface area contributed by atoms with Crippen molar-refractivity contribution in [2.75, 3.05) is 7.11 Å². The van der Waals surface area contributed by atoms with Crippen molar-refractivity contribution in [3.63, 3.8) is 0 Å². The molecule has 5 nitrogen and oxygen atoms in total. The van der Waals surface area contributed by atoms with E-state index < -0.39 is 0 Å². The molecule has 1 aromatic heterocycles. The summed E-state index contributed by atoms with van der Waals surface area (Å²) < 4.78 is 7.30. The Morgan fingerprint density at radius 3 is 2.70 bits per heavy atom. The molecule has 0 aliphatic rings. The molecule has 5 heteroatoms. The molecule has 0 unspecified atom stereocenters. The second-order valence-electron chi connectivity index (χ2n) is 6.21. The highest BCUT2D eigenvalue weighted by Gasteiger charge is 2.14. The van der Waals surface area contributed by atoms with Crippen molar-refractivity contribution in [3.8, 4) is 17.6 Å². The SMILES string of the molecule is COc1ccc(/C=C(/C#N)c2nc3ccccc3n2C)c2c(O)cccc12. The lowest BCUT2D eigenvalue weighted by molar-refractivity contribution is 0.419. The van der Waals surface area contributed by atoms with Crippen molar-refractivity contribution < 1.29 is 9.84 Å². The molecule has 0 radical (unpaired) electrons. The number of aromatic nitrogens is 2. The minimum Gasteiger partial charge on any atom is -0.507 e. The summed E-state index contributed by atoms with van der Waals surface area (Å²) >= 11 is 0. The zero-order valence-electron chi connectivity index (χ0n) is 15.0. The molecule has 0 saturated carbocycles. The number of nitrogens with zero attached hydrogens (tertiary/aromatic N) is 3. The van der Waals surface area contributed by atoms with Gasteiger partial charge >= 0.3 is 0 Å². The van der Waals surface area contributed by atoms with Crippen molar-refractivity contribution in [2.24, 2.45) is 7.05 Å². The number of imidazole rings is 1. The summed E-state index contributed by atoms with van der Waals surface area (Å²) in [5.74, 6) is 1.39. The first-order valence-electron chi connectivity index (χ1n) is 8.46. The van der Waals surface area contributed by atoms with Crippen LogP contribution in [0.25, 0.3) is 33.5 Å². The van der Waals surface area contributed by atoms with Crippen LogP contribution in [0.4, 0.5) is 0 Å². The number of fused-ring (bicyclic) bond motifs is 2. The van der Waals surface area contributed by atoms with E-state index in [1.165, 1.54) is 0 Å². The maximum atomic E-state index is 10.4. The molecular formula is C22H17N3O2. The highest BCUT2D eigenvalue weighted by atomic mass is 16.5. The maximum absolute atomic E-state index is 10.4. The summed E-state index contributed by atoms with van der Waals surface area (Å²) in [5, 5.41) is 21.6. The van der Waals surface area contributed by atoms with E-state index in [4.69, 9.17) is 4.74 Å². The Morgan fingerprint density at radius 2 is 1.96 bits per heavy atom. The highest BCUT2D eigenvalue weighted by Crippen LogP contribution is 2.36. The highest BCUT2D eigenvalue weighted by molar-refractivity contribution is 6.03. The molecule has 0 amide bonds. The number of phenols is 1. The summed E-state index contributed by atoms with van der Waals surface area (Å²) in [7, 11) is 3.48. The number of methoxy groups -OCH3 is 1. The number of nitriles is 1. The van der Waals surface area contributed by atoms with Crippen molar-refractivity contribution in [1.29, 1.82) is 5.26 Å². The third-order valence-electron chi connectivity index (χ3n) is 4.68. The first-order valence-corrected chi connectivity index (χ1v) is 8.46. The first kappa shape index (κ1) is 16.7. The maximum Gasteiger partial charge on any atom is 0.151 e. The summed E-state index contributed by atoms with van der Waals surface area (Å²) in [6, 6.07) is 18.9. The lowest BCUT2D eigenvalue weighted by Crippen LogP contribution is -1.96. The van der Waals surface area contributed by atoms with Crippen molar-refractivity contribution in [3.05, 3.63) is 66.0 Å². The smallest absolute Gasteiger partial charge is 0.151 e. The van der Waals surface area contributed by atoms with E-state index in [0.29, 0.717) is 22.5 Å². The summed E-state index contributed by atoms with van der Waals surface area (Å²) in [4.78, 5) is 4.60. The number of ether oxygens (including phenoxy) is 1. The van der Waals surface area contributed by atoms with Gasteiger partial charge in [-0.2, -0.15) is 5.26 Å². The Hall–Kier alpha value is -3.78. The van der Waals surface area contributed by atoms with Crippen molar-refractivity contribution >= 4 is 33.5 Å². The second kappa shape index (κ2) is 6.50. The number of rotatable bonds is 3. The van der Waals surface area contributed by atoms with Gasteiger partial charge in [-0.3, -0.25) is 0 Å². The molecule has 0 aliphatic carbocycles. The Morgan fingerprint density at radius 1 is 1.15 bits per heavy atom. The Labute approximate surface area is 156 Å². The van der Waals surface area contributed by atoms with Gasteiger partial charge in [-0.25, -0.2) is 4.98 Å². The topological polar surface area (TPSA) is 71.1 Å². The van der Waals surface area contributed by atoms with E-state index in [1.54, 1.807) is 25.3 Å². The molecular weight excluding hydrogens is 338 g/mol. The average Bonchev–Trinajstić information content (AvgIpc) is 3.03. The molecule has 0 bridgehead atoms. The van der Waals surface area contributed by atoms with E-state index in [1.807, 2.05) is 54.1 Å². The van der Waals surface area contributed by atoms with Gasteiger partial charge in [0.2, 0.25) is 0 Å². The number of allylic oxidation sites excluding steroid dienone is 1. The molecule has 0 fully saturated rings. The van der Waals surface area contributed by atoms with Crippen LogP contribution in [0.1, 0.15) is 11.4 Å². The minimum atomic E-state index is 0.139. The molecule has 0 saturated heterocycles. The van der Waals surface area contributed by atoms with Gasteiger partial charge in [0.25, 0.3) is 0 Å². The van der Waals surface area contributed by atoms with E-state index in [9.17, 15) is 10.4 Å². The Bertz CT molecular complexity index is 1250. The number of hydrogen-bond donors (Lipinski definition) is 1. The lowest BCUT2D eigenvalue weighted by Gasteiger charge is -2.10. The normalized spacial score (nSPS) is 11.7. The van der Waals surface area contributed by atoms with Crippen molar-refractivity contribution in [2.45, 2.75) is 0 Å². The fourth-order valence-corrected chi connectivity index (χ4v) is 3.37. The van der Waals surface area contributed by atoms with E-state index in [-0.39, 0.29) is 5.75 Å². The van der Waals surface area contributed by atoms with E-state index in [2.05, 4.69) is 11.1 Å². The standard InChI is InChI=1S/C22H17N3O2/c1-25-18-8-4-3-7-17(18)24-22(25)15(13-23)12-14-10-11-20(27-2)16-6-5-9-19(26)21(14)16/h3-12,26H,1-2H3/b15-12-. The zero-order chi connectivity index (χ0) is 19.0. The number of phenolic OH excluding ortho intramolecular Hbond substituents is 1. The van der Waals surface area contributed by atoms with Crippen LogP contribution in [-0.2, 0) is 7.05 Å². The predicted molar refractivity (Wildman–Crippen MR) is 106 cm³/mol. The summed E-state index contributed by atoms with van der Waals surface area (Å²) in [6.07, 6.45) is 1.75. The Balaban J connectivity index is 1.96. The Kier molecular flexibility index (Phi) is 4.02. The second-order valence-corrected chi connectivity index (χ2v) is 6.21. The number of benzene rings is 3. The molecule has 0 spiro atoms. The predicted octanol–water partition coefficient (Wildman–Crippen LogP) is 4.50. The van der Waals surface area contributed by atoms with Gasteiger partial charge in [0.15, 0.2) is 5.82 Å². The van der Waals surface area contributed by atoms with Crippen LogP contribution in [-0.4, -0.2) is 21.8 Å². The molecule has 0 aliphatic heterocycles. The van der Waals surface area contributed by atoms with Gasteiger partial charge in [-0.1, -0.05) is 30.3 Å². The number of para-hydroxylation sites is 2. The van der Waals surface area contributed by atoms with Crippen LogP contribution in [0, 0.1) is 11.3 Å². The molecule has 4 rings (SSSR count). The van der Waals surface area contributed by atoms with E-state index in [0.717, 1.165) is 22.0 Å². The van der Waals surface area contributed by atoms with Gasteiger partial charge in [0, 0.05) is 17.8 Å². The van der Waals surface area contributed by atoms with Gasteiger partial charge < -0.3 is 14.4 Å². The summed E-state index contributed by atoms with van der Waals surface area (Å²) in [5.41, 5.74) is 2.94. The number of aromatic hydroxyl groups is 1. The fourth-order valence-electron chi connectivity index (χ4n) is 3.37. The van der Waals surface area contributed by atoms with Crippen LogP contribution < -0.4 is 4.74 Å². The third kappa shape index (κ3) is 2.68. The quantitative estimate of drug-likeness (QED) is 0.549. The lowest BCUT2D eigenvalue weighted by atomic mass is 10.0. The fraction of sp³-hybridized carbons (Fsp3) is 0.0909. The van der Waals surface area contributed by atoms with E-state index >= 15 is 0 Å². The van der Waals surface area contributed by atoms with Crippen LogP contribution in [0.5, 0.6) is 11.5 Å². The first-order chi connectivity index (χ1) is 13.1. The number of aryl methyl sites for hydroxylation is 1. The summed E-state index contributed by atoms with van der Waals surface area (Å²) in [6.45, 7) is 0. The van der Waals surface area contributed by atoms with Crippen LogP contribution >= 0.6 is 0 Å². The number of hydrogen-bond acceptors (Lipinski definition) is 4.